The van der Waals surface area contributed by atoms with Crippen LogP contribution in [0.15, 0.2) is 17.1 Å². The molecule has 1 saturated heterocycles. The number of nitrogens with two attached hydrogens (primary N) is 1. The molecular formula is C11H16N3O9P. The molecule has 0 aromatic carbocycles. The Labute approximate surface area is 135 Å². The number of aromatic nitrogens is 2. The number of aliphatic hydroxyl groups excluding tert-OH is 1. The second-order valence-corrected chi connectivity index (χ2v) is 6.20. The van der Waals surface area contributed by atoms with Gasteiger partial charge in [-0.05, 0) is 6.07 Å². The van der Waals surface area contributed by atoms with Gasteiger partial charge in [-0.2, -0.15) is 4.98 Å². The number of carbonyl (C=O) groups is 1. The molecule has 24 heavy (non-hydrogen) atoms. The fraction of sp³-hybridized carbons (Fsp3) is 0.545. The van der Waals surface area contributed by atoms with E-state index in [1.54, 1.807) is 0 Å². The standard InChI is InChI=1S/C11H16N3O9P/c1-5(15)22-9-8(16)6(4-21-24(18,19)20)23-10(9)14-3-2-7(12)13-11(14)17/h2-3,6,8-10,16H,4H2,1H3,(H2,12,13,17)(H2,18,19,20)/t6-,8?,9+,10-/m1/s1. The highest BCUT2D eigenvalue weighted by molar-refractivity contribution is 7.46. The molecule has 5 N–H and O–H groups in total. The summed E-state index contributed by atoms with van der Waals surface area (Å²) in [6, 6.07) is 1.29. The molecule has 12 nitrogen and oxygen atoms in total. The monoisotopic (exact) mass is 365 g/mol. The van der Waals surface area contributed by atoms with E-state index in [9.17, 15) is 19.3 Å². The van der Waals surface area contributed by atoms with E-state index >= 15 is 0 Å². The van der Waals surface area contributed by atoms with Crippen molar-refractivity contribution < 1.29 is 38.3 Å². The van der Waals surface area contributed by atoms with Crippen molar-refractivity contribution in [3.8, 4) is 0 Å². The van der Waals surface area contributed by atoms with Crippen LogP contribution in [0.5, 0.6) is 0 Å². The molecule has 13 heteroatoms. The maximum absolute atomic E-state index is 11.9. The molecule has 0 aliphatic carbocycles. The van der Waals surface area contributed by atoms with Gasteiger partial charge in [-0.25, -0.2) is 9.36 Å². The number of hydrogen-bond acceptors (Lipinski definition) is 9. The smallest absolute Gasteiger partial charge is 0.455 e. The largest absolute Gasteiger partial charge is 0.469 e. The minimum Gasteiger partial charge on any atom is -0.455 e. The van der Waals surface area contributed by atoms with Gasteiger partial charge in [0.25, 0.3) is 0 Å². The van der Waals surface area contributed by atoms with Gasteiger partial charge in [-0.3, -0.25) is 13.9 Å². The van der Waals surface area contributed by atoms with E-state index < -0.39 is 50.6 Å². The Hall–Kier alpha value is -1.82. The fourth-order valence-electron chi connectivity index (χ4n) is 2.19. The number of anilines is 1. The molecule has 2 rings (SSSR count). The van der Waals surface area contributed by atoms with Crippen LogP contribution in [0.4, 0.5) is 5.82 Å². The maximum Gasteiger partial charge on any atom is 0.469 e. The summed E-state index contributed by atoms with van der Waals surface area (Å²) >= 11 is 0. The van der Waals surface area contributed by atoms with Crippen molar-refractivity contribution in [3.05, 3.63) is 22.7 Å². The highest BCUT2D eigenvalue weighted by atomic mass is 31.2. The Kier molecular flexibility index (Phi) is 5.38. The summed E-state index contributed by atoms with van der Waals surface area (Å²) in [6.07, 6.45) is -4.10. The molecule has 0 radical (unpaired) electrons. The minimum atomic E-state index is -4.80. The van der Waals surface area contributed by atoms with Crippen LogP contribution in [-0.2, 0) is 23.4 Å². The van der Waals surface area contributed by atoms with Crippen LogP contribution in [-0.4, -0.2) is 55.3 Å². The Balaban J connectivity index is 2.28. The lowest BCUT2D eigenvalue weighted by molar-refractivity contribution is -0.156. The molecule has 134 valence electrons. The molecule has 0 saturated carbocycles. The van der Waals surface area contributed by atoms with Gasteiger partial charge in [0.15, 0.2) is 12.3 Å². The number of hydrogen-bond donors (Lipinski definition) is 4. The van der Waals surface area contributed by atoms with Crippen molar-refractivity contribution in [1.82, 2.24) is 9.55 Å². The highest BCUT2D eigenvalue weighted by Gasteiger charge is 2.48. The van der Waals surface area contributed by atoms with Gasteiger partial charge in [0.05, 0.1) is 6.61 Å². The van der Waals surface area contributed by atoms with Crippen LogP contribution in [0.3, 0.4) is 0 Å². The number of esters is 1. The molecule has 1 fully saturated rings. The van der Waals surface area contributed by atoms with Crippen LogP contribution in [0, 0.1) is 0 Å². The molecule has 1 aliphatic heterocycles. The first-order valence-electron chi connectivity index (χ1n) is 6.64. The van der Waals surface area contributed by atoms with Crippen LogP contribution in [0.1, 0.15) is 13.2 Å². The number of aliphatic hydroxyl groups is 1. The third-order valence-electron chi connectivity index (χ3n) is 3.15. The van der Waals surface area contributed by atoms with Gasteiger partial charge in [0.1, 0.15) is 18.0 Å². The average molecular weight is 365 g/mol. The molecule has 0 bridgehead atoms. The highest BCUT2D eigenvalue weighted by Crippen LogP contribution is 2.38. The predicted molar refractivity (Wildman–Crippen MR) is 76.4 cm³/mol. The summed E-state index contributed by atoms with van der Waals surface area (Å²) in [5.41, 5.74) is 4.57. The van der Waals surface area contributed by atoms with Crippen LogP contribution >= 0.6 is 7.82 Å². The second kappa shape index (κ2) is 6.97. The zero-order valence-electron chi connectivity index (χ0n) is 12.4. The molecule has 0 amide bonds. The van der Waals surface area contributed by atoms with E-state index in [0.29, 0.717) is 0 Å². The van der Waals surface area contributed by atoms with E-state index in [1.807, 2.05) is 0 Å². The first kappa shape index (κ1) is 18.5. The van der Waals surface area contributed by atoms with Gasteiger partial charge >= 0.3 is 19.5 Å². The van der Waals surface area contributed by atoms with Gasteiger partial charge < -0.3 is 30.1 Å². The molecule has 1 aromatic heterocycles. The molecule has 4 atom stereocenters. The topological polar surface area (TPSA) is 183 Å². The first-order valence-corrected chi connectivity index (χ1v) is 8.17. The van der Waals surface area contributed by atoms with E-state index in [-0.39, 0.29) is 5.82 Å². The van der Waals surface area contributed by atoms with Crippen LogP contribution in [0.2, 0.25) is 0 Å². The van der Waals surface area contributed by atoms with Gasteiger partial charge in [0, 0.05) is 13.1 Å². The third-order valence-corrected chi connectivity index (χ3v) is 3.63. The fourth-order valence-corrected chi connectivity index (χ4v) is 2.53. The van der Waals surface area contributed by atoms with E-state index in [0.717, 1.165) is 11.5 Å². The van der Waals surface area contributed by atoms with Crippen LogP contribution in [0.25, 0.3) is 0 Å². The van der Waals surface area contributed by atoms with E-state index in [2.05, 4.69) is 9.51 Å². The molecule has 2 heterocycles. The number of carbonyl (C=O) groups excluding carboxylic acids is 1. The zero-order chi connectivity index (χ0) is 18.1. The van der Waals surface area contributed by atoms with E-state index in [4.69, 9.17) is 25.0 Å². The van der Waals surface area contributed by atoms with Crippen molar-refractivity contribution in [2.24, 2.45) is 0 Å². The van der Waals surface area contributed by atoms with E-state index in [1.165, 1.54) is 12.3 Å². The molecule has 0 spiro atoms. The Morgan fingerprint density at radius 1 is 1.54 bits per heavy atom. The third kappa shape index (κ3) is 4.38. The lowest BCUT2D eigenvalue weighted by atomic mass is 10.1. The lowest BCUT2D eigenvalue weighted by Gasteiger charge is -2.21. The summed E-state index contributed by atoms with van der Waals surface area (Å²) in [5, 5.41) is 10.2. The SMILES string of the molecule is CC(=O)O[C@H]1C(O)[C@@H](COP(=O)(O)O)O[C@H]1n1ccc(N)nc1=O. The molecule has 1 unspecified atom stereocenters. The summed E-state index contributed by atoms with van der Waals surface area (Å²) in [6.45, 7) is 0.407. The Morgan fingerprint density at radius 2 is 2.21 bits per heavy atom. The maximum atomic E-state index is 11.9. The number of ether oxygens (including phenoxy) is 2. The van der Waals surface area contributed by atoms with Gasteiger partial charge in [0.2, 0.25) is 0 Å². The summed E-state index contributed by atoms with van der Waals surface area (Å²) in [7, 11) is -4.80. The van der Waals surface area contributed by atoms with Gasteiger partial charge in [-0.1, -0.05) is 0 Å². The number of rotatable bonds is 5. The van der Waals surface area contributed by atoms with Gasteiger partial charge in [-0.15, -0.1) is 0 Å². The van der Waals surface area contributed by atoms with Crippen molar-refractivity contribution in [3.63, 3.8) is 0 Å². The number of nitrogen functional groups attached to an aromatic ring is 1. The first-order chi connectivity index (χ1) is 11.1. The Morgan fingerprint density at radius 3 is 2.75 bits per heavy atom. The molecular weight excluding hydrogens is 349 g/mol. The quantitative estimate of drug-likeness (QED) is 0.338. The van der Waals surface area contributed by atoms with Crippen molar-refractivity contribution in [2.75, 3.05) is 12.3 Å². The zero-order valence-corrected chi connectivity index (χ0v) is 13.3. The number of phosphoric ester groups is 1. The summed E-state index contributed by atoms with van der Waals surface area (Å²) in [4.78, 5) is 44.1. The minimum absolute atomic E-state index is 0.0415. The number of phosphoric acid groups is 1. The predicted octanol–water partition coefficient (Wildman–Crippen LogP) is -1.88. The average Bonchev–Trinajstić information content (AvgIpc) is 2.73. The molecule has 1 aromatic rings. The van der Waals surface area contributed by atoms with Crippen molar-refractivity contribution in [1.29, 1.82) is 0 Å². The Bertz CT molecular complexity index is 717. The summed E-state index contributed by atoms with van der Waals surface area (Å²) < 4.78 is 26.3. The second-order valence-electron chi connectivity index (χ2n) is 4.96. The van der Waals surface area contributed by atoms with Crippen molar-refractivity contribution in [2.45, 2.75) is 31.5 Å². The molecule has 1 aliphatic rings. The van der Waals surface area contributed by atoms with Crippen LogP contribution < -0.4 is 11.4 Å². The normalized spacial score (nSPS) is 27.2. The number of nitrogens with zero attached hydrogens (tertiary/aromatic N) is 2. The summed E-state index contributed by atoms with van der Waals surface area (Å²) in [5.74, 6) is -0.791. The lowest BCUT2D eigenvalue weighted by Crippen LogP contribution is -2.39. The van der Waals surface area contributed by atoms with Crippen molar-refractivity contribution >= 4 is 19.6 Å².